The predicted molar refractivity (Wildman–Crippen MR) is 74.4 cm³/mol. The predicted octanol–water partition coefficient (Wildman–Crippen LogP) is 3.56. The molecule has 5 nitrogen and oxygen atoms in total. The van der Waals surface area contributed by atoms with Crippen LogP contribution >= 0.6 is 11.6 Å². The third-order valence-corrected chi connectivity index (χ3v) is 2.83. The number of nitro groups is 1. The van der Waals surface area contributed by atoms with Crippen LogP contribution in [0.5, 0.6) is 0 Å². The number of pyridine rings is 1. The summed E-state index contributed by atoms with van der Waals surface area (Å²) in [5.41, 5.74) is 2.09. The van der Waals surface area contributed by atoms with Crippen molar-refractivity contribution in [2.24, 2.45) is 0 Å². The molecule has 0 saturated heterocycles. The summed E-state index contributed by atoms with van der Waals surface area (Å²) >= 11 is 5.75. The second kappa shape index (κ2) is 5.67. The van der Waals surface area contributed by atoms with E-state index < -0.39 is 4.92 Å². The van der Waals surface area contributed by atoms with Gasteiger partial charge in [-0.1, -0.05) is 41.4 Å². The third-order valence-electron chi connectivity index (χ3n) is 2.62. The van der Waals surface area contributed by atoms with Crippen LogP contribution in [0.25, 0.3) is 0 Å². The van der Waals surface area contributed by atoms with Gasteiger partial charge in [-0.05, 0) is 18.6 Å². The standard InChI is InChI=1S/C13H12ClN3O2/c1-9-2-4-10(5-3-9)8-15-13-11(17(18)19)6-7-12(14)16-13/h2-7H,8H2,1H3,(H,15,16). The van der Waals surface area contributed by atoms with Crippen LogP contribution in [0.4, 0.5) is 11.5 Å². The summed E-state index contributed by atoms with van der Waals surface area (Å²) in [4.78, 5) is 14.3. The SMILES string of the molecule is Cc1ccc(CNc2nc(Cl)ccc2[N+](=O)[O-])cc1. The highest BCUT2D eigenvalue weighted by Gasteiger charge is 2.15. The molecule has 0 unspecified atom stereocenters. The van der Waals surface area contributed by atoms with Crippen LogP contribution in [0.2, 0.25) is 5.15 Å². The van der Waals surface area contributed by atoms with Gasteiger partial charge in [0.1, 0.15) is 5.15 Å². The topological polar surface area (TPSA) is 68.1 Å². The first-order chi connectivity index (χ1) is 9.06. The minimum Gasteiger partial charge on any atom is -0.360 e. The summed E-state index contributed by atoms with van der Waals surface area (Å²) in [6.45, 7) is 2.45. The quantitative estimate of drug-likeness (QED) is 0.527. The lowest BCUT2D eigenvalue weighted by Gasteiger charge is -2.07. The zero-order valence-corrected chi connectivity index (χ0v) is 11.0. The Balaban J connectivity index is 2.16. The van der Waals surface area contributed by atoms with Crippen molar-refractivity contribution in [1.29, 1.82) is 0 Å². The van der Waals surface area contributed by atoms with Crippen LogP contribution in [-0.2, 0) is 6.54 Å². The molecule has 0 bridgehead atoms. The second-order valence-corrected chi connectivity index (χ2v) is 4.49. The molecule has 0 spiro atoms. The number of aryl methyl sites for hydroxylation is 1. The van der Waals surface area contributed by atoms with E-state index in [1.807, 2.05) is 31.2 Å². The summed E-state index contributed by atoms with van der Waals surface area (Å²) in [6, 6.07) is 10.6. The molecule has 0 aliphatic heterocycles. The first kappa shape index (κ1) is 13.3. The number of rotatable bonds is 4. The maximum absolute atomic E-state index is 10.9. The molecule has 0 amide bonds. The first-order valence-electron chi connectivity index (χ1n) is 5.66. The average molecular weight is 278 g/mol. The number of nitrogens with one attached hydrogen (secondary N) is 1. The van der Waals surface area contributed by atoms with E-state index in [1.54, 1.807) is 0 Å². The smallest absolute Gasteiger partial charge is 0.311 e. The zero-order valence-electron chi connectivity index (χ0n) is 10.3. The fourth-order valence-corrected chi connectivity index (χ4v) is 1.74. The number of hydrogen-bond acceptors (Lipinski definition) is 4. The molecule has 0 atom stereocenters. The second-order valence-electron chi connectivity index (χ2n) is 4.10. The Labute approximate surface area is 115 Å². The molecule has 0 radical (unpaired) electrons. The number of aromatic nitrogens is 1. The summed E-state index contributed by atoms with van der Waals surface area (Å²) < 4.78 is 0. The van der Waals surface area contributed by atoms with Gasteiger partial charge in [-0.25, -0.2) is 4.98 Å². The highest BCUT2D eigenvalue weighted by Crippen LogP contribution is 2.24. The summed E-state index contributed by atoms with van der Waals surface area (Å²) in [5, 5.41) is 14.0. The van der Waals surface area contributed by atoms with Gasteiger partial charge in [-0.2, -0.15) is 0 Å². The molecule has 0 aliphatic rings. The van der Waals surface area contributed by atoms with Gasteiger partial charge in [0.25, 0.3) is 0 Å². The van der Waals surface area contributed by atoms with Crippen molar-refractivity contribution < 1.29 is 4.92 Å². The largest absolute Gasteiger partial charge is 0.360 e. The van der Waals surface area contributed by atoms with Crippen LogP contribution < -0.4 is 5.32 Å². The van der Waals surface area contributed by atoms with E-state index in [2.05, 4.69) is 10.3 Å². The molecule has 1 N–H and O–H groups in total. The van der Waals surface area contributed by atoms with E-state index in [0.717, 1.165) is 11.1 Å². The Kier molecular flexibility index (Phi) is 3.97. The lowest BCUT2D eigenvalue weighted by atomic mass is 10.1. The highest BCUT2D eigenvalue weighted by atomic mass is 35.5. The van der Waals surface area contributed by atoms with E-state index in [4.69, 9.17) is 11.6 Å². The number of nitrogens with zero attached hydrogens (tertiary/aromatic N) is 2. The molecule has 2 rings (SSSR count). The summed E-state index contributed by atoms with van der Waals surface area (Å²) in [5.74, 6) is 0.179. The van der Waals surface area contributed by atoms with Crippen molar-refractivity contribution in [2.45, 2.75) is 13.5 Å². The number of benzene rings is 1. The van der Waals surface area contributed by atoms with Gasteiger partial charge in [0.2, 0.25) is 5.82 Å². The molecule has 98 valence electrons. The van der Waals surface area contributed by atoms with Crippen molar-refractivity contribution in [3.8, 4) is 0 Å². The van der Waals surface area contributed by atoms with Crippen molar-refractivity contribution in [1.82, 2.24) is 4.98 Å². The molecule has 19 heavy (non-hydrogen) atoms. The Morgan fingerprint density at radius 1 is 1.26 bits per heavy atom. The van der Waals surface area contributed by atoms with Gasteiger partial charge in [0, 0.05) is 12.6 Å². The lowest BCUT2D eigenvalue weighted by Crippen LogP contribution is -2.04. The number of hydrogen-bond donors (Lipinski definition) is 1. The normalized spacial score (nSPS) is 10.2. The molecule has 1 aromatic carbocycles. The number of halogens is 1. The number of anilines is 1. The Morgan fingerprint density at radius 3 is 2.58 bits per heavy atom. The third kappa shape index (κ3) is 3.42. The van der Waals surface area contributed by atoms with Crippen molar-refractivity contribution in [3.63, 3.8) is 0 Å². The van der Waals surface area contributed by atoms with Gasteiger partial charge < -0.3 is 5.32 Å². The van der Waals surface area contributed by atoms with Crippen molar-refractivity contribution in [3.05, 3.63) is 62.8 Å². The van der Waals surface area contributed by atoms with Crippen LogP contribution in [0.1, 0.15) is 11.1 Å². The van der Waals surface area contributed by atoms with Gasteiger partial charge in [-0.15, -0.1) is 0 Å². The first-order valence-corrected chi connectivity index (χ1v) is 6.04. The van der Waals surface area contributed by atoms with Crippen LogP contribution in [-0.4, -0.2) is 9.91 Å². The van der Waals surface area contributed by atoms with Crippen molar-refractivity contribution in [2.75, 3.05) is 5.32 Å². The van der Waals surface area contributed by atoms with E-state index in [9.17, 15) is 10.1 Å². The van der Waals surface area contributed by atoms with Crippen LogP contribution in [0.3, 0.4) is 0 Å². The van der Waals surface area contributed by atoms with Gasteiger partial charge in [-0.3, -0.25) is 10.1 Å². The maximum atomic E-state index is 10.9. The van der Waals surface area contributed by atoms with Gasteiger partial charge >= 0.3 is 5.69 Å². The minimum atomic E-state index is -0.485. The molecular formula is C13H12ClN3O2. The molecule has 2 aromatic rings. The lowest BCUT2D eigenvalue weighted by molar-refractivity contribution is -0.384. The average Bonchev–Trinajstić information content (AvgIpc) is 2.38. The highest BCUT2D eigenvalue weighted by molar-refractivity contribution is 6.29. The van der Waals surface area contributed by atoms with E-state index >= 15 is 0 Å². The molecule has 0 aliphatic carbocycles. The Morgan fingerprint density at radius 2 is 1.95 bits per heavy atom. The van der Waals surface area contributed by atoms with Gasteiger partial charge in [0.15, 0.2) is 0 Å². The molecule has 0 saturated carbocycles. The zero-order chi connectivity index (χ0) is 13.8. The fraction of sp³-hybridized carbons (Fsp3) is 0.154. The molecule has 1 aromatic heterocycles. The maximum Gasteiger partial charge on any atom is 0.311 e. The molecule has 6 heteroatoms. The molecular weight excluding hydrogens is 266 g/mol. The van der Waals surface area contributed by atoms with Crippen molar-refractivity contribution >= 4 is 23.1 Å². The fourth-order valence-electron chi connectivity index (χ4n) is 1.60. The van der Waals surface area contributed by atoms with E-state index in [1.165, 1.54) is 12.1 Å². The Bertz CT molecular complexity index is 599. The molecule has 1 heterocycles. The minimum absolute atomic E-state index is 0.0866. The van der Waals surface area contributed by atoms with E-state index in [-0.39, 0.29) is 16.7 Å². The summed E-state index contributed by atoms with van der Waals surface area (Å²) in [6.07, 6.45) is 0. The van der Waals surface area contributed by atoms with E-state index in [0.29, 0.717) is 6.54 Å². The Hall–Kier alpha value is -2.14. The monoisotopic (exact) mass is 277 g/mol. The van der Waals surface area contributed by atoms with Crippen LogP contribution in [0.15, 0.2) is 36.4 Å². The van der Waals surface area contributed by atoms with Crippen LogP contribution in [0, 0.1) is 17.0 Å². The van der Waals surface area contributed by atoms with Gasteiger partial charge in [0.05, 0.1) is 4.92 Å². The molecule has 0 fully saturated rings. The summed E-state index contributed by atoms with van der Waals surface area (Å²) in [7, 11) is 0.